The molecule has 80 valence electrons. The van der Waals surface area contributed by atoms with Crippen LogP contribution in [0.25, 0.3) is 0 Å². The van der Waals surface area contributed by atoms with E-state index < -0.39 is 5.54 Å². The number of hydrogen-bond donors (Lipinski definition) is 2. The Balaban J connectivity index is 2.57. The second-order valence-electron chi connectivity index (χ2n) is 4.25. The second-order valence-corrected chi connectivity index (χ2v) is 4.25. The van der Waals surface area contributed by atoms with E-state index in [-0.39, 0.29) is 5.91 Å². The van der Waals surface area contributed by atoms with Gasteiger partial charge in [0, 0.05) is 13.0 Å². The summed E-state index contributed by atoms with van der Waals surface area (Å²) >= 11 is 0. The lowest BCUT2D eigenvalue weighted by Crippen LogP contribution is -2.53. The molecule has 1 heterocycles. The molecule has 0 aromatic rings. The minimum atomic E-state index is -0.691. The Hall–Kier alpha value is -1.06. The van der Waals surface area contributed by atoms with Gasteiger partial charge < -0.3 is 11.1 Å². The zero-order valence-corrected chi connectivity index (χ0v) is 8.97. The third-order valence-electron chi connectivity index (χ3n) is 2.45. The average molecular weight is 197 g/mol. The van der Waals surface area contributed by atoms with Crippen molar-refractivity contribution in [1.29, 1.82) is 0 Å². The van der Waals surface area contributed by atoms with Crippen LogP contribution in [0.3, 0.4) is 0 Å². The summed E-state index contributed by atoms with van der Waals surface area (Å²) in [6.07, 6.45) is 4.42. The fourth-order valence-electron chi connectivity index (χ4n) is 1.40. The number of carbonyl (C=O) groups is 1. The van der Waals surface area contributed by atoms with Gasteiger partial charge in [-0.2, -0.15) is 0 Å². The normalized spacial score (nSPS) is 18.3. The zero-order valence-electron chi connectivity index (χ0n) is 8.97. The summed E-state index contributed by atoms with van der Waals surface area (Å²) in [7, 11) is 0. The van der Waals surface area contributed by atoms with Gasteiger partial charge in [-0.25, -0.2) is 0 Å². The molecule has 3 N–H and O–H groups in total. The minimum absolute atomic E-state index is 0.343. The van der Waals surface area contributed by atoms with Gasteiger partial charge in [-0.05, 0) is 26.7 Å². The van der Waals surface area contributed by atoms with Crippen molar-refractivity contribution in [2.45, 2.75) is 45.1 Å². The van der Waals surface area contributed by atoms with Gasteiger partial charge in [-0.1, -0.05) is 6.42 Å². The first-order valence-corrected chi connectivity index (χ1v) is 5.14. The molecule has 0 fully saturated rings. The van der Waals surface area contributed by atoms with Gasteiger partial charge in [-0.3, -0.25) is 9.79 Å². The molecule has 1 amide bonds. The fourth-order valence-corrected chi connectivity index (χ4v) is 1.40. The Kier molecular flexibility index (Phi) is 3.49. The van der Waals surface area contributed by atoms with E-state index in [2.05, 4.69) is 10.3 Å². The molecule has 1 aliphatic heterocycles. The lowest BCUT2D eigenvalue weighted by molar-refractivity contribution is -0.122. The molecule has 0 radical (unpaired) electrons. The van der Waals surface area contributed by atoms with E-state index in [1.54, 1.807) is 13.8 Å². The second kappa shape index (κ2) is 4.44. The number of nitrogens with zero attached hydrogens (tertiary/aromatic N) is 1. The van der Waals surface area contributed by atoms with Gasteiger partial charge in [0.15, 0.2) is 0 Å². The van der Waals surface area contributed by atoms with Crippen molar-refractivity contribution in [3.05, 3.63) is 0 Å². The topological polar surface area (TPSA) is 67.5 Å². The van der Waals surface area contributed by atoms with Crippen molar-refractivity contribution < 1.29 is 4.79 Å². The van der Waals surface area contributed by atoms with E-state index in [9.17, 15) is 4.79 Å². The van der Waals surface area contributed by atoms with Crippen LogP contribution in [0.1, 0.15) is 39.5 Å². The van der Waals surface area contributed by atoms with Gasteiger partial charge in [0.1, 0.15) is 5.54 Å². The molecule has 14 heavy (non-hydrogen) atoms. The smallest absolute Gasteiger partial charge is 0.242 e. The lowest BCUT2D eigenvalue weighted by Gasteiger charge is -2.24. The molecule has 0 aromatic heterocycles. The predicted molar refractivity (Wildman–Crippen MR) is 57.2 cm³/mol. The third kappa shape index (κ3) is 3.01. The molecule has 0 unspecified atom stereocenters. The maximum Gasteiger partial charge on any atom is 0.242 e. The molecule has 0 atom stereocenters. The maximum atomic E-state index is 11.1. The standard InChI is InChI=1S/C10H19N3O/c1-10(2,9(11)14)13-8-6-4-3-5-7-12-8/h3-7H2,1-2H3,(H2,11,14)(H,12,13). The van der Waals surface area contributed by atoms with Crippen molar-refractivity contribution in [1.82, 2.24) is 5.32 Å². The Morgan fingerprint density at radius 1 is 1.43 bits per heavy atom. The van der Waals surface area contributed by atoms with E-state index >= 15 is 0 Å². The van der Waals surface area contributed by atoms with Crippen LogP contribution in [-0.4, -0.2) is 23.8 Å². The minimum Gasteiger partial charge on any atom is -0.368 e. The van der Waals surface area contributed by atoms with Crippen LogP contribution >= 0.6 is 0 Å². The van der Waals surface area contributed by atoms with Crippen LogP contribution in [0, 0.1) is 0 Å². The summed E-state index contributed by atoms with van der Waals surface area (Å²) in [6.45, 7) is 4.42. The molecule has 1 rings (SSSR count). The van der Waals surface area contributed by atoms with E-state index in [1.807, 2.05) is 0 Å². The van der Waals surface area contributed by atoms with Crippen LogP contribution in [0.5, 0.6) is 0 Å². The molecule has 0 aliphatic carbocycles. The third-order valence-corrected chi connectivity index (χ3v) is 2.45. The maximum absolute atomic E-state index is 11.1. The van der Waals surface area contributed by atoms with Crippen LogP contribution in [0.2, 0.25) is 0 Å². The molecular formula is C10H19N3O. The highest BCUT2D eigenvalue weighted by atomic mass is 16.1. The number of carbonyl (C=O) groups excluding carboxylic acids is 1. The number of amides is 1. The number of nitrogens with two attached hydrogens (primary N) is 1. The Labute approximate surface area is 85.0 Å². The largest absolute Gasteiger partial charge is 0.368 e. The first kappa shape index (κ1) is 11.0. The molecule has 0 saturated carbocycles. The first-order valence-electron chi connectivity index (χ1n) is 5.14. The average Bonchev–Trinajstić information content (AvgIpc) is 2.32. The predicted octanol–water partition coefficient (Wildman–Crippen LogP) is 0.812. The number of aliphatic imine (C=N–C) groups is 1. The molecule has 0 bridgehead atoms. The summed E-state index contributed by atoms with van der Waals surface area (Å²) in [5, 5.41) is 3.11. The lowest BCUT2D eigenvalue weighted by atomic mass is 10.0. The summed E-state index contributed by atoms with van der Waals surface area (Å²) in [4.78, 5) is 15.5. The van der Waals surface area contributed by atoms with E-state index in [4.69, 9.17) is 5.73 Å². The summed E-state index contributed by atoms with van der Waals surface area (Å²) in [6, 6.07) is 0. The van der Waals surface area contributed by atoms with Gasteiger partial charge >= 0.3 is 0 Å². The summed E-state index contributed by atoms with van der Waals surface area (Å²) in [5.41, 5.74) is 4.58. The van der Waals surface area contributed by atoms with Gasteiger partial charge in [0.05, 0.1) is 5.84 Å². The van der Waals surface area contributed by atoms with Crippen LogP contribution in [0.15, 0.2) is 4.99 Å². The highest BCUT2D eigenvalue weighted by Gasteiger charge is 2.25. The summed E-state index contributed by atoms with van der Waals surface area (Å²) < 4.78 is 0. The number of nitrogens with one attached hydrogen (secondary N) is 1. The zero-order chi connectivity index (χ0) is 10.6. The molecule has 0 saturated heterocycles. The highest BCUT2D eigenvalue weighted by Crippen LogP contribution is 2.09. The van der Waals surface area contributed by atoms with E-state index in [1.165, 1.54) is 6.42 Å². The van der Waals surface area contributed by atoms with Crippen LogP contribution in [0.4, 0.5) is 0 Å². The molecule has 4 heteroatoms. The van der Waals surface area contributed by atoms with Crippen molar-refractivity contribution in [2.24, 2.45) is 10.7 Å². The number of rotatable bonds is 2. The van der Waals surface area contributed by atoms with Crippen LogP contribution in [-0.2, 0) is 4.79 Å². The molecular weight excluding hydrogens is 178 g/mol. The molecule has 0 spiro atoms. The number of hydrogen-bond acceptors (Lipinski definition) is 3. The number of amidine groups is 1. The Bertz CT molecular complexity index is 246. The number of primary amides is 1. The highest BCUT2D eigenvalue weighted by molar-refractivity contribution is 5.91. The molecule has 1 aliphatic rings. The van der Waals surface area contributed by atoms with Crippen molar-refractivity contribution in [3.63, 3.8) is 0 Å². The molecule has 4 nitrogen and oxygen atoms in total. The Morgan fingerprint density at radius 3 is 2.79 bits per heavy atom. The van der Waals surface area contributed by atoms with Gasteiger partial charge in [-0.15, -0.1) is 0 Å². The quantitative estimate of drug-likeness (QED) is 0.688. The van der Waals surface area contributed by atoms with Crippen molar-refractivity contribution >= 4 is 11.7 Å². The van der Waals surface area contributed by atoms with Gasteiger partial charge in [0.2, 0.25) is 5.91 Å². The van der Waals surface area contributed by atoms with Gasteiger partial charge in [0.25, 0.3) is 0 Å². The first-order chi connectivity index (χ1) is 6.52. The van der Waals surface area contributed by atoms with Crippen molar-refractivity contribution in [2.75, 3.05) is 6.54 Å². The fraction of sp³-hybridized carbons (Fsp3) is 0.800. The van der Waals surface area contributed by atoms with Crippen molar-refractivity contribution in [3.8, 4) is 0 Å². The van der Waals surface area contributed by atoms with Crippen LogP contribution < -0.4 is 11.1 Å². The molecule has 0 aromatic carbocycles. The SMILES string of the molecule is CC(C)(NC1=NCCCCC1)C(N)=O. The summed E-state index contributed by atoms with van der Waals surface area (Å²) in [5.74, 6) is 0.579. The monoisotopic (exact) mass is 197 g/mol. The van der Waals surface area contributed by atoms with E-state index in [0.717, 1.165) is 31.6 Å². The van der Waals surface area contributed by atoms with E-state index in [0.29, 0.717) is 0 Å². The Morgan fingerprint density at radius 2 is 2.14 bits per heavy atom.